The van der Waals surface area contributed by atoms with Crippen LogP contribution >= 0.6 is 11.6 Å². The van der Waals surface area contributed by atoms with Crippen LogP contribution in [0.3, 0.4) is 0 Å². The van der Waals surface area contributed by atoms with Crippen molar-refractivity contribution in [3.05, 3.63) is 22.7 Å². The first-order valence-electron chi connectivity index (χ1n) is 4.39. The number of aliphatic hydroxyl groups excluding tert-OH is 1. The van der Waals surface area contributed by atoms with Crippen LogP contribution < -0.4 is 9.47 Å². The van der Waals surface area contributed by atoms with Crippen LogP contribution in [0.4, 0.5) is 8.78 Å². The SMILES string of the molecule is COc1ccc(C(O)C(F)F)c(Cl)c1OC. The molecule has 6 heteroatoms. The first-order valence-corrected chi connectivity index (χ1v) is 4.77. The smallest absolute Gasteiger partial charge is 0.268 e. The number of hydrogen-bond donors (Lipinski definition) is 1. The van der Waals surface area contributed by atoms with E-state index in [1.54, 1.807) is 0 Å². The molecule has 0 aliphatic carbocycles. The molecular weight excluding hydrogens is 242 g/mol. The van der Waals surface area contributed by atoms with Gasteiger partial charge in [-0.15, -0.1) is 0 Å². The molecule has 0 aliphatic rings. The summed E-state index contributed by atoms with van der Waals surface area (Å²) in [5.41, 5.74) is -0.0886. The van der Waals surface area contributed by atoms with Gasteiger partial charge in [0.1, 0.15) is 6.10 Å². The summed E-state index contributed by atoms with van der Waals surface area (Å²) >= 11 is 5.83. The van der Waals surface area contributed by atoms with Gasteiger partial charge in [0.15, 0.2) is 11.5 Å². The van der Waals surface area contributed by atoms with Crippen molar-refractivity contribution in [2.75, 3.05) is 14.2 Å². The summed E-state index contributed by atoms with van der Waals surface area (Å²) in [6, 6.07) is 2.69. The molecule has 0 spiro atoms. The van der Waals surface area contributed by atoms with Crippen molar-refractivity contribution in [3.63, 3.8) is 0 Å². The third kappa shape index (κ3) is 2.36. The molecule has 0 saturated heterocycles. The second-order valence-electron chi connectivity index (χ2n) is 2.98. The molecule has 0 fully saturated rings. The normalized spacial score (nSPS) is 12.7. The van der Waals surface area contributed by atoms with Gasteiger partial charge in [-0.2, -0.15) is 0 Å². The summed E-state index contributed by atoms with van der Waals surface area (Å²) in [4.78, 5) is 0. The molecule has 1 aromatic rings. The lowest BCUT2D eigenvalue weighted by Gasteiger charge is -2.16. The Morgan fingerprint density at radius 3 is 2.31 bits per heavy atom. The lowest BCUT2D eigenvalue weighted by atomic mass is 10.1. The second-order valence-corrected chi connectivity index (χ2v) is 3.36. The largest absolute Gasteiger partial charge is 0.493 e. The predicted molar refractivity (Wildman–Crippen MR) is 55.5 cm³/mol. The van der Waals surface area contributed by atoms with E-state index >= 15 is 0 Å². The van der Waals surface area contributed by atoms with Gasteiger partial charge in [0.25, 0.3) is 6.43 Å². The van der Waals surface area contributed by atoms with E-state index in [-0.39, 0.29) is 16.3 Å². The molecule has 3 nitrogen and oxygen atoms in total. The van der Waals surface area contributed by atoms with Gasteiger partial charge >= 0.3 is 0 Å². The van der Waals surface area contributed by atoms with Crippen LogP contribution in [-0.2, 0) is 0 Å². The fourth-order valence-electron chi connectivity index (χ4n) is 1.27. The zero-order valence-electron chi connectivity index (χ0n) is 8.71. The zero-order valence-corrected chi connectivity index (χ0v) is 9.46. The maximum Gasteiger partial charge on any atom is 0.268 e. The molecule has 0 heterocycles. The number of benzene rings is 1. The van der Waals surface area contributed by atoms with E-state index < -0.39 is 12.5 Å². The zero-order chi connectivity index (χ0) is 12.3. The van der Waals surface area contributed by atoms with Crippen LogP contribution in [0.2, 0.25) is 5.02 Å². The molecule has 1 N–H and O–H groups in total. The maximum atomic E-state index is 12.3. The topological polar surface area (TPSA) is 38.7 Å². The van der Waals surface area contributed by atoms with Crippen molar-refractivity contribution < 1.29 is 23.4 Å². The van der Waals surface area contributed by atoms with E-state index in [2.05, 4.69) is 0 Å². The minimum Gasteiger partial charge on any atom is -0.493 e. The van der Waals surface area contributed by atoms with Gasteiger partial charge in [-0.25, -0.2) is 8.78 Å². The Morgan fingerprint density at radius 2 is 1.88 bits per heavy atom. The summed E-state index contributed by atoms with van der Waals surface area (Å²) < 4.78 is 34.5. The average Bonchev–Trinajstić information content (AvgIpc) is 2.27. The minimum absolute atomic E-state index is 0.0744. The Bertz CT molecular complexity index is 371. The Labute approximate surface area is 96.5 Å². The summed E-state index contributed by atoms with van der Waals surface area (Å²) in [5, 5.41) is 9.16. The van der Waals surface area contributed by atoms with E-state index in [1.807, 2.05) is 0 Å². The molecule has 0 saturated carbocycles. The van der Waals surface area contributed by atoms with E-state index in [1.165, 1.54) is 26.4 Å². The molecule has 1 unspecified atom stereocenters. The number of alkyl halides is 2. The number of rotatable bonds is 4. The van der Waals surface area contributed by atoms with Crippen LogP contribution in [0.5, 0.6) is 11.5 Å². The van der Waals surface area contributed by atoms with Gasteiger partial charge in [0.05, 0.1) is 19.2 Å². The van der Waals surface area contributed by atoms with E-state index in [9.17, 15) is 13.9 Å². The van der Waals surface area contributed by atoms with Crippen molar-refractivity contribution in [3.8, 4) is 11.5 Å². The average molecular weight is 253 g/mol. The van der Waals surface area contributed by atoms with E-state index in [4.69, 9.17) is 21.1 Å². The number of ether oxygens (including phenoxy) is 2. The molecule has 1 aromatic carbocycles. The highest BCUT2D eigenvalue weighted by Gasteiger charge is 2.24. The van der Waals surface area contributed by atoms with Crippen molar-refractivity contribution in [2.24, 2.45) is 0 Å². The highest BCUT2D eigenvalue weighted by atomic mass is 35.5. The number of aliphatic hydroxyl groups is 1. The van der Waals surface area contributed by atoms with Crippen LogP contribution in [0, 0.1) is 0 Å². The Hall–Kier alpha value is -1.07. The molecular formula is C10H11ClF2O3. The second kappa shape index (κ2) is 5.32. The molecule has 0 aromatic heterocycles. The lowest BCUT2D eigenvalue weighted by molar-refractivity contribution is -0.00584. The summed E-state index contributed by atoms with van der Waals surface area (Å²) in [7, 11) is 2.74. The molecule has 0 radical (unpaired) electrons. The molecule has 16 heavy (non-hydrogen) atoms. The van der Waals surface area contributed by atoms with Gasteiger partial charge in [0, 0.05) is 5.56 Å². The molecule has 1 rings (SSSR count). The van der Waals surface area contributed by atoms with Crippen LogP contribution in [0.25, 0.3) is 0 Å². The van der Waals surface area contributed by atoms with Crippen LogP contribution in [0.1, 0.15) is 11.7 Å². The van der Waals surface area contributed by atoms with E-state index in [0.717, 1.165) is 0 Å². The van der Waals surface area contributed by atoms with Gasteiger partial charge in [-0.1, -0.05) is 17.7 Å². The number of halogens is 3. The maximum absolute atomic E-state index is 12.3. The Balaban J connectivity index is 3.23. The van der Waals surface area contributed by atoms with Crippen molar-refractivity contribution in [2.45, 2.75) is 12.5 Å². The van der Waals surface area contributed by atoms with E-state index in [0.29, 0.717) is 5.75 Å². The van der Waals surface area contributed by atoms with Gasteiger partial charge < -0.3 is 14.6 Å². The van der Waals surface area contributed by atoms with Crippen molar-refractivity contribution in [1.29, 1.82) is 0 Å². The fourth-order valence-corrected chi connectivity index (χ4v) is 1.61. The minimum atomic E-state index is -2.91. The molecule has 0 bridgehead atoms. The fraction of sp³-hybridized carbons (Fsp3) is 0.400. The lowest BCUT2D eigenvalue weighted by Crippen LogP contribution is -2.09. The highest BCUT2D eigenvalue weighted by molar-refractivity contribution is 6.33. The number of hydrogen-bond acceptors (Lipinski definition) is 3. The van der Waals surface area contributed by atoms with Crippen molar-refractivity contribution in [1.82, 2.24) is 0 Å². The van der Waals surface area contributed by atoms with Crippen LogP contribution in [0.15, 0.2) is 12.1 Å². The van der Waals surface area contributed by atoms with Gasteiger partial charge in [-0.3, -0.25) is 0 Å². The molecule has 0 aliphatic heterocycles. The third-order valence-corrected chi connectivity index (χ3v) is 2.46. The quantitative estimate of drug-likeness (QED) is 0.895. The van der Waals surface area contributed by atoms with Crippen LogP contribution in [-0.4, -0.2) is 25.8 Å². The Kier molecular flexibility index (Phi) is 4.32. The monoisotopic (exact) mass is 252 g/mol. The molecule has 0 amide bonds. The first kappa shape index (κ1) is 13.0. The number of methoxy groups -OCH3 is 2. The van der Waals surface area contributed by atoms with Gasteiger partial charge in [-0.05, 0) is 6.07 Å². The third-order valence-electron chi connectivity index (χ3n) is 2.07. The summed E-state index contributed by atoms with van der Waals surface area (Å²) in [6.45, 7) is 0. The summed E-state index contributed by atoms with van der Waals surface area (Å²) in [5.74, 6) is 0.444. The predicted octanol–water partition coefficient (Wildman–Crippen LogP) is 2.66. The summed E-state index contributed by atoms with van der Waals surface area (Å²) in [6.07, 6.45) is -4.84. The molecule has 1 atom stereocenters. The van der Waals surface area contributed by atoms with Gasteiger partial charge in [0.2, 0.25) is 0 Å². The van der Waals surface area contributed by atoms with Crippen molar-refractivity contribution >= 4 is 11.6 Å². The first-order chi connectivity index (χ1) is 7.52. The molecule has 90 valence electrons. The standard InChI is InChI=1S/C10H11ClF2O3/c1-15-6-4-3-5(8(14)10(12)13)7(11)9(6)16-2/h3-4,8,10,14H,1-2H3. The Morgan fingerprint density at radius 1 is 1.25 bits per heavy atom. The highest BCUT2D eigenvalue weighted by Crippen LogP contribution is 2.40.